The number of benzene rings is 1. The van der Waals surface area contributed by atoms with Gasteiger partial charge in [0.05, 0.1) is 0 Å². The summed E-state index contributed by atoms with van der Waals surface area (Å²) < 4.78 is 0. The van der Waals surface area contributed by atoms with Crippen molar-refractivity contribution in [2.45, 2.75) is 12.6 Å². The van der Waals surface area contributed by atoms with Crippen LogP contribution in [-0.2, 0) is 11.3 Å². The van der Waals surface area contributed by atoms with E-state index in [0.29, 0.717) is 6.54 Å². The average Bonchev–Trinajstić information content (AvgIpc) is 3.15. The third kappa shape index (κ3) is 3.20. The summed E-state index contributed by atoms with van der Waals surface area (Å²) in [6.45, 7) is 0.460. The summed E-state index contributed by atoms with van der Waals surface area (Å²) in [4.78, 5) is 22.0. The van der Waals surface area contributed by atoms with Crippen molar-refractivity contribution in [3.8, 4) is 0 Å². The van der Waals surface area contributed by atoms with E-state index in [4.69, 9.17) is 0 Å². The van der Waals surface area contributed by atoms with Gasteiger partial charge in [0, 0.05) is 54.4 Å². The fraction of sp³-hybridized carbons (Fsp3) is 0.250. The Bertz CT molecular complexity index is 824. The molecule has 0 bridgehead atoms. The van der Waals surface area contributed by atoms with E-state index in [1.165, 1.54) is 0 Å². The third-order valence-electron chi connectivity index (χ3n) is 3.58. The van der Waals surface area contributed by atoms with Gasteiger partial charge in [-0.1, -0.05) is 18.2 Å². The van der Waals surface area contributed by atoms with Gasteiger partial charge < -0.3 is 15.0 Å². The zero-order valence-corrected chi connectivity index (χ0v) is 13.7. The molecule has 0 saturated carbocycles. The summed E-state index contributed by atoms with van der Waals surface area (Å²) in [5, 5.41) is 14.5. The van der Waals surface area contributed by atoms with Crippen molar-refractivity contribution in [1.82, 2.24) is 15.3 Å². The Morgan fingerprint density at radius 1 is 1.43 bits per heavy atom. The minimum atomic E-state index is -0.896. The van der Waals surface area contributed by atoms with Crippen LogP contribution in [0.1, 0.15) is 16.5 Å². The smallest absolute Gasteiger partial charge is 0.325 e. The number of aliphatic carboxylic acids is 1. The predicted octanol–water partition coefficient (Wildman–Crippen LogP) is 2.61. The fourth-order valence-electron chi connectivity index (χ4n) is 2.45. The lowest BCUT2D eigenvalue weighted by molar-refractivity contribution is -0.139. The molecule has 1 aromatic carbocycles. The van der Waals surface area contributed by atoms with Crippen LogP contribution in [0, 0.1) is 0 Å². The number of thiazole rings is 1. The number of carbonyl (C=O) groups is 1. The molecule has 2 heterocycles. The number of fused-ring (bicyclic) bond motifs is 1. The summed E-state index contributed by atoms with van der Waals surface area (Å²) in [7, 11) is 3.87. The van der Waals surface area contributed by atoms with Crippen LogP contribution in [-0.4, -0.2) is 35.1 Å². The lowest BCUT2D eigenvalue weighted by atomic mass is 10.1. The Balaban J connectivity index is 1.80. The van der Waals surface area contributed by atoms with Crippen LogP contribution in [0.3, 0.4) is 0 Å². The van der Waals surface area contributed by atoms with Crippen LogP contribution in [0.2, 0.25) is 0 Å². The van der Waals surface area contributed by atoms with Crippen molar-refractivity contribution in [1.29, 1.82) is 0 Å². The van der Waals surface area contributed by atoms with Gasteiger partial charge in [-0.3, -0.25) is 10.1 Å². The van der Waals surface area contributed by atoms with E-state index in [9.17, 15) is 9.90 Å². The van der Waals surface area contributed by atoms with Crippen LogP contribution < -0.4 is 10.2 Å². The number of carboxylic acids is 1. The highest BCUT2D eigenvalue weighted by Gasteiger charge is 2.22. The summed E-state index contributed by atoms with van der Waals surface area (Å²) in [6, 6.07) is 6.92. The molecule has 7 heteroatoms. The van der Waals surface area contributed by atoms with Gasteiger partial charge in [-0.05, 0) is 6.07 Å². The number of nitrogens with one attached hydrogen (secondary N) is 2. The summed E-state index contributed by atoms with van der Waals surface area (Å²) in [5.74, 6) is -0.896. The van der Waals surface area contributed by atoms with Crippen molar-refractivity contribution in [3.63, 3.8) is 0 Å². The lowest BCUT2D eigenvalue weighted by Gasteiger charge is -2.13. The number of aromatic amines is 1. The van der Waals surface area contributed by atoms with Crippen LogP contribution in [0.4, 0.5) is 5.13 Å². The Morgan fingerprint density at radius 2 is 2.22 bits per heavy atom. The number of hydrogen-bond donors (Lipinski definition) is 3. The first-order chi connectivity index (χ1) is 11.1. The molecule has 0 saturated heterocycles. The molecule has 1 atom stereocenters. The van der Waals surface area contributed by atoms with Crippen LogP contribution >= 0.6 is 11.3 Å². The second-order valence-corrected chi connectivity index (χ2v) is 6.54. The average molecular weight is 330 g/mol. The molecule has 23 heavy (non-hydrogen) atoms. The number of aromatic nitrogens is 2. The standard InChI is InChI=1S/C16H18N4O2S/c1-20(2)16-19-8-10(23-16)7-18-14(15(21)22)12-9-17-13-6-4-3-5-11(12)13/h3-6,8-9,14,17-18H,7H2,1-2H3,(H,21,22). The second kappa shape index (κ2) is 6.39. The number of rotatable bonds is 6. The molecule has 0 radical (unpaired) electrons. The molecule has 0 amide bonds. The first-order valence-corrected chi connectivity index (χ1v) is 8.02. The van der Waals surface area contributed by atoms with Crippen molar-refractivity contribution in [2.75, 3.05) is 19.0 Å². The minimum Gasteiger partial charge on any atom is -0.480 e. The molecule has 120 valence electrons. The monoisotopic (exact) mass is 330 g/mol. The van der Waals surface area contributed by atoms with Crippen molar-refractivity contribution >= 4 is 33.3 Å². The molecule has 0 aliphatic heterocycles. The topological polar surface area (TPSA) is 81.2 Å². The molecule has 2 aromatic heterocycles. The Labute approximate surface area is 137 Å². The number of para-hydroxylation sites is 1. The molecule has 3 aromatic rings. The van der Waals surface area contributed by atoms with Gasteiger partial charge in [0.25, 0.3) is 0 Å². The van der Waals surface area contributed by atoms with Gasteiger partial charge in [0.2, 0.25) is 0 Å². The van der Waals surface area contributed by atoms with Crippen LogP contribution in [0.15, 0.2) is 36.7 Å². The van der Waals surface area contributed by atoms with Gasteiger partial charge in [-0.2, -0.15) is 0 Å². The highest BCUT2D eigenvalue weighted by molar-refractivity contribution is 7.15. The molecule has 6 nitrogen and oxygen atoms in total. The lowest BCUT2D eigenvalue weighted by Crippen LogP contribution is -2.27. The predicted molar refractivity (Wildman–Crippen MR) is 92.0 cm³/mol. The number of hydrogen-bond acceptors (Lipinski definition) is 5. The van der Waals surface area contributed by atoms with E-state index >= 15 is 0 Å². The minimum absolute atomic E-state index is 0.460. The zero-order valence-electron chi connectivity index (χ0n) is 12.9. The molecular formula is C16H18N4O2S. The van der Waals surface area contributed by atoms with Gasteiger partial charge in [-0.15, -0.1) is 11.3 Å². The van der Waals surface area contributed by atoms with Crippen LogP contribution in [0.25, 0.3) is 10.9 Å². The molecule has 3 rings (SSSR count). The second-order valence-electron chi connectivity index (χ2n) is 5.45. The fourth-order valence-corrected chi connectivity index (χ4v) is 3.23. The molecular weight excluding hydrogens is 312 g/mol. The van der Waals surface area contributed by atoms with Gasteiger partial charge in [0.1, 0.15) is 6.04 Å². The molecule has 0 aliphatic rings. The quantitative estimate of drug-likeness (QED) is 0.647. The van der Waals surface area contributed by atoms with Gasteiger partial charge in [0.15, 0.2) is 5.13 Å². The van der Waals surface area contributed by atoms with Gasteiger partial charge in [-0.25, -0.2) is 4.98 Å². The molecule has 1 unspecified atom stereocenters. The highest BCUT2D eigenvalue weighted by atomic mass is 32.1. The summed E-state index contributed by atoms with van der Waals surface area (Å²) >= 11 is 1.55. The molecule has 0 fully saturated rings. The number of H-pyrrole nitrogens is 1. The largest absolute Gasteiger partial charge is 0.480 e. The summed E-state index contributed by atoms with van der Waals surface area (Å²) in [5.41, 5.74) is 1.67. The van der Waals surface area contributed by atoms with E-state index in [1.54, 1.807) is 23.7 Å². The molecule has 0 spiro atoms. The third-order valence-corrected chi connectivity index (χ3v) is 4.75. The van der Waals surface area contributed by atoms with Crippen molar-refractivity contribution in [3.05, 3.63) is 47.1 Å². The van der Waals surface area contributed by atoms with E-state index in [2.05, 4.69) is 15.3 Å². The van der Waals surface area contributed by atoms with E-state index < -0.39 is 12.0 Å². The molecule has 0 aliphatic carbocycles. The Kier molecular flexibility index (Phi) is 4.31. The van der Waals surface area contributed by atoms with Crippen molar-refractivity contribution in [2.24, 2.45) is 0 Å². The highest BCUT2D eigenvalue weighted by Crippen LogP contribution is 2.26. The number of carboxylic acid groups (broad SMARTS) is 1. The van der Waals surface area contributed by atoms with Crippen LogP contribution in [0.5, 0.6) is 0 Å². The zero-order chi connectivity index (χ0) is 16.4. The number of nitrogens with zero attached hydrogens (tertiary/aromatic N) is 2. The van der Waals surface area contributed by atoms with Gasteiger partial charge >= 0.3 is 5.97 Å². The van der Waals surface area contributed by atoms with E-state index in [1.807, 2.05) is 43.3 Å². The Hall–Kier alpha value is -2.38. The maximum absolute atomic E-state index is 11.7. The SMILES string of the molecule is CN(C)c1ncc(CNC(C(=O)O)c2c[nH]c3ccccc23)s1. The van der Waals surface area contributed by atoms with E-state index in [-0.39, 0.29) is 0 Å². The number of anilines is 1. The Morgan fingerprint density at radius 3 is 2.91 bits per heavy atom. The van der Waals surface area contributed by atoms with E-state index in [0.717, 1.165) is 26.5 Å². The first-order valence-electron chi connectivity index (χ1n) is 7.20. The van der Waals surface area contributed by atoms with Crippen molar-refractivity contribution < 1.29 is 9.90 Å². The maximum Gasteiger partial charge on any atom is 0.325 e. The summed E-state index contributed by atoms with van der Waals surface area (Å²) in [6.07, 6.45) is 3.54. The molecule has 3 N–H and O–H groups in total. The first kappa shape index (κ1) is 15.5. The maximum atomic E-state index is 11.7. The normalized spacial score (nSPS) is 12.4.